The van der Waals surface area contributed by atoms with Gasteiger partial charge in [0.15, 0.2) is 5.78 Å². The lowest BCUT2D eigenvalue weighted by Gasteiger charge is -2.21. The number of hydrogen-bond acceptors (Lipinski definition) is 6. The Morgan fingerprint density at radius 3 is 2.71 bits per heavy atom. The van der Waals surface area contributed by atoms with E-state index in [0.717, 1.165) is 40.1 Å². The third-order valence-electron chi connectivity index (χ3n) is 5.79. The molecule has 1 amide bonds. The van der Waals surface area contributed by atoms with Crippen LogP contribution in [0.3, 0.4) is 0 Å². The van der Waals surface area contributed by atoms with Gasteiger partial charge in [-0.15, -0.1) is 11.3 Å². The monoisotopic (exact) mass is 431 g/mol. The molecule has 3 heterocycles. The predicted molar refractivity (Wildman–Crippen MR) is 120 cm³/mol. The third kappa shape index (κ3) is 3.60. The quantitative estimate of drug-likeness (QED) is 0.664. The second kappa shape index (κ2) is 8.17. The molecule has 2 aromatic heterocycles. The van der Waals surface area contributed by atoms with Gasteiger partial charge in [-0.3, -0.25) is 14.6 Å². The van der Waals surface area contributed by atoms with Gasteiger partial charge in [0.2, 0.25) is 5.91 Å². The second-order valence-corrected chi connectivity index (χ2v) is 8.58. The number of allylic oxidation sites excluding steroid dienone is 1. The van der Waals surface area contributed by atoms with Gasteiger partial charge in [0.25, 0.3) is 0 Å². The molecule has 0 saturated carbocycles. The fourth-order valence-electron chi connectivity index (χ4n) is 4.18. The number of amides is 1. The van der Waals surface area contributed by atoms with E-state index >= 15 is 0 Å². The maximum Gasteiger partial charge on any atom is 0.227 e. The fraction of sp³-hybridized carbons (Fsp3) is 0.250. The number of fused-ring (bicyclic) bond motifs is 1. The minimum Gasteiger partial charge on any atom is -0.381 e. The molecule has 31 heavy (non-hydrogen) atoms. The van der Waals surface area contributed by atoms with Crippen molar-refractivity contribution in [3.05, 3.63) is 75.5 Å². The molecule has 0 atom stereocenters. The molecular formula is C24H21N3O3S. The maximum atomic E-state index is 13.5. The standard InChI is InChI=1S/C24H21N3O3S/c1-14-23(31-13-26-14)21-18-5-4-17(27-24(29)15-6-9-30-10-7-15)11-19(18)22(28)20(21)16-3-2-8-25-12-16/h2-5,8,11-13,15H,6-7,9-10H2,1H3,(H,27,29). The number of carbonyl (C=O) groups is 2. The lowest BCUT2D eigenvalue weighted by atomic mass is 9.98. The number of ketones is 1. The molecule has 3 aromatic rings. The third-order valence-corrected chi connectivity index (χ3v) is 6.74. The number of ether oxygens (including phenoxy) is 1. The van der Waals surface area contributed by atoms with Crippen molar-refractivity contribution in [2.75, 3.05) is 18.5 Å². The number of aryl methyl sites for hydroxylation is 1. The van der Waals surface area contributed by atoms with Gasteiger partial charge in [-0.1, -0.05) is 12.1 Å². The van der Waals surface area contributed by atoms with E-state index in [4.69, 9.17) is 4.74 Å². The Morgan fingerprint density at radius 2 is 2.00 bits per heavy atom. The summed E-state index contributed by atoms with van der Waals surface area (Å²) in [5.41, 5.74) is 7.06. The van der Waals surface area contributed by atoms with Crippen molar-refractivity contribution < 1.29 is 14.3 Å². The number of Topliss-reactive ketones (excluding diaryl/α,β-unsaturated/α-hetero) is 1. The molecule has 0 bridgehead atoms. The summed E-state index contributed by atoms with van der Waals surface area (Å²) in [7, 11) is 0. The van der Waals surface area contributed by atoms with Gasteiger partial charge in [-0.05, 0) is 43.5 Å². The summed E-state index contributed by atoms with van der Waals surface area (Å²) < 4.78 is 5.35. The molecule has 5 rings (SSSR count). The molecule has 1 aliphatic heterocycles. The molecule has 1 aromatic carbocycles. The van der Waals surface area contributed by atoms with E-state index in [1.165, 1.54) is 11.3 Å². The molecule has 1 aliphatic carbocycles. The molecule has 6 nitrogen and oxygen atoms in total. The summed E-state index contributed by atoms with van der Waals surface area (Å²) in [6, 6.07) is 9.30. The smallest absolute Gasteiger partial charge is 0.227 e. The maximum absolute atomic E-state index is 13.5. The normalized spacial score (nSPS) is 16.5. The van der Waals surface area contributed by atoms with Crippen molar-refractivity contribution >= 4 is 39.9 Å². The first kappa shape index (κ1) is 19.8. The SMILES string of the molecule is Cc1ncsc1C1=C(c2cccnc2)C(=O)c2cc(NC(=O)C3CCOCC3)ccc21. The van der Waals surface area contributed by atoms with E-state index in [2.05, 4.69) is 15.3 Å². The molecule has 0 unspecified atom stereocenters. The number of anilines is 1. The topological polar surface area (TPSA) is 81.2 Å². The van der Waals surface area contributed by atoms with Crippen LogP contribution in [-0.2, 0) is 9.53 Å². The van der Waals surface area contributed by atoms with E-state index in [9.17, 15) is 9.59 Å². The Balaban J connectivity index is 1.54. The number of thiazole rings is 1. The number of rotatable bonds is 4. The van der Waals surface area contributed by atoms with E-state index in [0.29, 0.717) is 30.0 Å². The predicted octanol–water partition coefficient (Wildman–Crippen LogP) is 4.37. The van der Waals surface area contributed by atoms with Crippen molar-refractivity contribution in [1.29, 1.82) is 0 Å². The number of hydrogen-bond donors (Lipinski definition) is 1. The first-order valence-corrected chi connectivity index (χ1v) is 11.1. The Labute approximate surface area is 184 Å². The Hall–Kier alpha value is -3.16. The fourth-order valence-corrected chi connectivity index (χ4v) is 5.05. The summed E-state index contributed by atoms with van der Waals surface area (Å²) in [5.74, 6) is -0.141. The van der Waals surface area contributed by atoms with Crippen LogP contribution in [-0.4, -0.2) is 34.9 Å². The highest BCUT2D eigenvalue weighted by molar-refractivity contribution is 7.11. The molecule has 0 radical (unpaired) electrons. The number of nitrogens with one attached hydrogen (secondary N) is 1. The van der Waals surface area contributed by atoms with Crippen LogP contribution in [0.15, 0.2) is 48.2 Å². The van der Waals surface area contributed by atoms with Crippen LogP contribution in [0, 0.1) is 12.8 Å². The van der Waals surface area contributed by atoms with Gasteiger partial charge in [0, 0.05) is 59.5 Å². The Kier molecular flexibility index (Phi) is 5.21. The lowest BCUT2D eigenvalue weighted by molar-refractivity contribution is -0.122. The van der Waals surface area contributed by atoms with Crippen molar-refractivity contribution in [2.24, 2.45) is 5.92 Å². The molecule has 156 valence electrons. The van der Waals surface area contributed by atoms with Crippen LogP contribution >= 0.6 is 11.3 Å². The van der Waals surface area contributed by atoms with Crippen LogP contribution in [0.25, 0.3) is 11.1 Å². The summed E-state index contributed by atoms with van der Waals surface area (Å²) in [6.45, 7) is 3.16. The lowest BCUT2D eigenvalue weighted by Crippen LogP contribution is -2.28. The van der Waals surface area contributed by atoms with E-state index in [-0.39, 0.29) is 17.6 Å². The van der Waals surface area contributed by atoms with Crippen LogP contribution < -0.4 is 5.32 Å². The molecule has 1 saturated heterocycles. The highest BCUT2D eigenvalue weighted by atomic mass is 32.1. The van der Waals surface area contributed by atoms with E-state index in [1.54, 1.807) is 24.0 Å². The molecule has 7 heteroatoms. The average Bonchev–Trinajstić information content (AvgIpc) is 3.35. The summed E-state index contributed by atoms with van der Waals surface area (Å²) in [5, 5.41) is 2.99. The van der Waals surface area contributed by atoms with E-state index < -0.39 is 0 Å². The van der Waals surface area contributed by atoms with Crippen molar-refractivity contribution in [3.63, 3.8) is 0 Å². The largest absolute Gasteiger partial charge is 0.381 e. The zero-order valence-electron chi connectivity index (χ0n) is 17.1. The van der Waals surface area contributed by atoms with E-state index in [1.807, 2.05) is 31.2 Å². The zero-order valence-corrected chi connectivity index (χ0v) is 17.9. The molecule has 0 spiro atoms. The molecule has 1 fully saturated rings. The highest BCUT2D eigenvalue weighted by Crippen LogP contribution is 2.44. The minimum absolute atomic E-state index is 0.0207. The summed E-state index contributed by atoms with van der Waals surface area (Å²) >= 11 is 1.52. The van der Waals surface area contributed by atoms with Crippen molar-refractivity contribution in [2.45, 2.75) is 19.8 Å². The first-order valence-electron chi connectivity index (χ1n) is 10.3. The van der Waals surface area contributed by atoms with Crippen LogP contribution in [0.1, 0.15) is 44.9 Å². The van der Waals surface area contributed by atoms with Gasteiger partial charge in [-0.25, -0.2) is 4.98 Å². The van der Waals surface area contributed by atoms with Gasteiger partial charge < -0.3 is 10.1 Å². The van der Waals surface area contributed by atoms with Gasteiger partial charge in [0.05, 0.1) is 16.1 Å². The van der Waals surface area contributed by atoms with Crippen LogP contribution in [0.2, 0.25) is 0 Å². The van der Waals surface area contributed by atoms with Gasteiger partial charge in [0.1, 0.15) is 0 Å². The molecular weight excluding hydrogens is 410 g/mol. The first-order chi connectivity index (χ1) is 15.1. The number of carbonyl (C=O) groups excluding carboxylic acids is 2. The number of aromatic nitrogens is 2. The molecule has 2 aliphatic rings. The average molecular weight is 432 g/mol. The van der Waals surface area contributed by atoms with Gasteiger partial charge in [-0.2, -0.15) is 0 Å². The summed E-state index contributed by atoms with van der Waals surface area (Å²) in [6.07, 6.45) is 4.84. The van der Waals surface area contributed by atoms with Crippen LogP contribution in [0.4, 0.5) is 5.69 Å². The van der Waals surface area contributed by atoms with Crippen molar-refractivity contribution in [1.82, 2.24) is 9.97 Å². The Bertz CT molecular complexity index is 1190. The molecule has 1 N–H and O–H groups in total. The minimum atomic E-state index is -0.0621. The zero-order chi connectivity index (χ0) is 21.4. The second-order valence-electron chi connectivity index (χ2n) is 7.72. The van der Waals surface area contributed by atoms with Gasteiger partial charge >= 0.3 is 0 Å². The van der Waals surface area contributed by atoms with Crippen LogP contribution in [0.5, 0.6) is 0 Å². The number of benzene rings is 1. The summed E-state index contributed by atoms with van der Waals surface area (Å²) in [4.78, 5) is 35.7. The number of pyridine rings is 1. The number of nitrogens with zero attached hydrogens (tertiary/aromatic N) is 2. The van der Waals surface area contributed by atoms with Crippen molar-refractivity contribution in [3.8, 4) is 0 Å². The highest BCUT2D eigenvalue weighted by Gasteiger charge is 2.33. The Morgan fingerprint density at radius 1 is 1.16 bits per heavy atom.